The summed E-state index contributed by atoms with van der Waals surface area (Å²) in [5.41, 5.74) is 5.59. The van der Waals surface area contributed by atoms with Crippen molar-refractivity contribution in [3.63, 3.8) is 0 Å². The zero-order chi connectivity index (χ0) is 9.52. The Morgan fingerprint density at radius 2 is 1.92 bits per heavy atom. The Labute approximate surface area is 82.5 Å². The number of hydrogen-bond acceptors (Lipinski definition) is 2. The Hall–Kier alpha value is -0.0800. The molecule has 0 heterocycles. The first-order chi connectivity index (χ1) is 6.36. The van der Waals surface area contributed by atoms with Gasteiger partial charge in [-0.25, -0.2) is 0 Å². The molecule has 0 spiro atoms. The third kappa shape index (κ3) is 4.10. The molecule has 1 rings (SSSR count). The molecule has 0 aromatic heterocycles. The van der Waals surface area contributed by atoms with Gasteiger partial charge in [0.25, 0.3) is 0 Å². The van der Waals surface area contributed by atoms with Gasteiger partial charge in [-0.05, 0) is 31.7 Å². The lowest BCUT2D eigenvalue weighted by atomic mass is 10.1. The summed E-state index contributed by atoms with van der Waals surface area (Å²) in [5.74, 6) is 0.970. The monoisotopic (exact) mass is 184 g/mol. The normalized spacial score (nSPS) is 18.7. The lowest BCUT2D eigenvalue weighted by Crippen LogP contribution is -2.33. The molecule has 2 nitrogen and oxygen atoms in total. The molecule has 2 N–H and O–H groups in total. The maximum absolute atomic E-state index is 5.59. The first-order valence-corrected chi connectivity index (χ1v) is 5.79. The third-order valence-corrected chi connectivity index (χ3v) is 2.98. The van der Waals surface area contributed by atoms with Crippen LogP contribution in [0.1, 0.15) is 39.0 Å². The molecule has 1 saturated carbocycles. The molecular weight excluding hydrogens is 160 g/mol. The minimum absolute atomic E-state index is 0.812. The van der Waals surface area contributed by atoms with Gasteiger partial charge in [0.15, 0.2) is 0 Å². The third-order valence-electron chi connectivity index (χ3n) is 2.98. The van der Waals surface area contributed by atoms with Crippen molar-refractivity contribution in [3.8, 4) is 0 Å². The molecule has 0 bridgehead atoms. The molecule has 0 aliphatic heterocycles. The molecule has 0 radical (unpaired) electrons. The highest BCUT2D eigenvalue weighted by molar-refractivity contribution is 4.71. The summed E-state index contributed by atoms with van der Waals surface area (Å²) in [6.07, 6.45) is 7.06. The maximum Gasteiger partial charge on any atom is 0.0105 e. The van der Waals surface area contributed by atoms with Gasteiger partial charge in [-0.2, -0.15) is 0 Å². The lowest BCUT2D eigenvalue weighted by Gasteiger charge is -2.24. The maximum atomic E-state index is 5.59. The molecule has 78 valence electrons. The van der Waals surface area contributed by atoms with Crippen LogP contribution in [0.5, 0.6) is 0 Å². The molecule has 13 heavy (non-hydrogen) atoms. The van der Waals surface area contributed by atoms with Crippen molar-refractivity contribution in [3.05, 3.63) is 0 Å². The number of nitrogens with zero attached hydrogens (tertiary/aromatic N) is 1. The first-order valence-electron chi connectivity index (χ1n) is 5.79. The SMILES string of the molecule is CCCN(CCN)CC1CCCC1. The molecule has 0 saturated heterocycles. The van der Waals surface area contributed by atoms with Gasteiger partial charge in [-0.15, -0.1) is 0 Å². The van der Waals surface area contributed by atoms with E-state index in [4.69, 9.17) is 5.73 Å². The van der Waals surface area contributed by atoms with Crippen molar-refractivity contribution in [2.45, 2.75) is 39.0 Å². The molecule has 1 aliphatic carbocycles. The Morgan fingerprint density at radius 1 is 1.23 bits per heavy atom. The first kappa shape index (κ1) is 11.0. The molecule has 0 atom stereocenters. The van der Waals surface area contributed by atoms with E-state index >= 15 is 0 Å². The fraction of sp³-hybridized carbons (Fsp3) is 1.00. The molecule has 1 fully saturated rings. The Balaban J connectivity index is 2.19. The van der Waals surface area contributed by atoms with Gasteiger partial charge in [0.1, 0.15) is 0 Å². The molecule has 0 unspecified atom stereocenters. The summed E-state index contributed by atoms with van der Waals surface area (Å²) < 4.78 is 0. The molecular formula is C11H24N2. The summed E-state index contributed by atoms with van der Waals surface area (Å²) >= 11 is 0. The smallest absolute Gasteiger partial charge is 0.0105 e. The average molecular weight is 184 g/mol. The van der Waals surface area contributed by atoms with Crippen LogP contribution in [0.3, 0.4) is 0 Å². The van der Waals surface area contributed by atoms with Crippen LogP contribution in [0.25, 0.3) is 0 Å². The van der Waals surface area contributed by atoms with Crippen LogP contribution in [0.15, 0.2) is 0 Å². The molecule has 0 aromatic carbocycles. The fourth-order valence-corrected chi connectivity index (χ4v) is 2.35. The van der Waals surface area contributed by atoms with Gasteiger partial charge < -0.3 is 10.6 Å². The van der Waals surface area contributed by atoms with E-state index in [1.54, 1.807) is 0 Å². The molecule has 1 aliphatic rings. The standard InChI is InChI=1S/C11H24N2/c1-2-8-13(9-7-12)10-11-5-3-4-6-11/h11H,2-10,12H2,1H3. The van der Waals surface area contributed by atoms with Crippen molar-refractivity contribution in [1.82, 2.24) is 4.90 Å². The Bertz CT molecular complexity index is 113. The summed E-state index contributed by atoms with van der Waals surface area (Å²) in [4.78, 5) is 2.54. The van der Waals surface area contributed by atoms with Gasteiger partial charge in [0, 0.05) is 19.6 Å². The highest BCUT2D eigenvalue weighted by Crippen LogP contribution is 2.25. The highest BCUT2D eigenvalue weighted by Gasteiger charge is 2.17. The average Bonchev–Trinajstić information content (AvgIpc) is 2.58. The van der Waals surface area contributed by atoms with Crippen molar-refractivity contribution in [2.75, 3.05) is 26.2 Å². The van der Waals surface area contributed by atoms with Crippen molar-refractivity contribution < 1.29 is 0 Å². The Morgan fingerprint density at radius 3 is 2.46 bits per heavy atom. The number of hydrogen-bond donors (Lipinski definition) is 1. The predicted molar refractivity (Wildman–Crippen MR) is 57.7 cm³/mol. The lowest BCUT2D eigenvalue weighted by molar-refractivity contribution is 0.238. The van der Waals surface area contributed by atoms with Crippen molar-refractivity contribution in [1.29, 1.82) is 0 Å². The topological polar surface area (TPSA) is 29.3 Å². The van der Waals surface area contributed by atoms with Crippen molar-refractivity contribution in [2.24, 2.45) is 11.7 Å². The minimum atomic E-state index is 0.812. The summed E-state index contributed by atoms with van der Waals surface area (Å²) in [6.45, 7) is 6.67. The van der Waals surface area contributed by atoms with Crippen LogP contribution in [0.2, 0.25) is 0 Å². The van der Waals surface area contributed by atoms with E-state index in [2.05, 4.69) is 11.8 Å². The molecule has 0 aromatic rings. The van der Waals surface area contributed by atoms with Crippen LogP contribution < -0.4 is 5.73 Å². The van der Waals surface area contributed by atoms with E-state index in [9.17, 15) is 0 Å². The highest BCUT2D eigenvalue weighted by atomic mass is 15.1. The van der Waals surface area contributed by atoms with Crippen LogP contribution in [0, 0.1) is 5.92 Å². The van der Waals surface area contributed by atoms with Gasteiger partial charge in [-0.3, -0.25) is 0 Å². The Kier molecular flexibility index (Phi) is 5.40. The quantitative estimate of drug-likeness (QED) is 0.682. The molecule has 0 amide bonds. The zero-order valence-corrected chi connectivity index (χ0v) is 8.97. The largest absolute Gasteiger partial charge is 0.329 e. The predicted octanol–water partition coefficient (Wildman–Crippen LogP) is 1.85. The fourth-order valence-electron chi connectivity index (χ4n) is 2.35. The van der Waals surface area contributed by atoms with Gasteiger partial charge in [0.2, 0.25) is 0 Å². The van der Waals surface area contributed by atoms with E-state index in [0.29, 0.717) is 0 Å². The van der Waals surface area contributed by atoms with E-state index in [1.165, 1.54) is 45.2 Å². The van der Waals surface area contributed by atoms with E-state index in [0.717, 1.165) is 19.0 Å². The van der Waals surface area contributed by atoms with Gasteiger partial charge >= 0.3 is 0 Å². The second-order valence-corrected chi connectivity index (χ2v) is 4.24. The summed E-state index contributed by atoms with van der Waals surface area (Å²) in [6, 6.07) is 0. The second kappa shape index (κ2) is 6.39. The zero-order valence-electron chi connectivity index (χ0n) is 8.97. The number of nitrogens with two attached hydrogens (primary N) is 1. The molecule has 2 heteroatoms. The van der Waals surface area contributed by atoms with Crippen LogP contribution in [-0.2, 0) is 0 Å². The van der Waals surface area contributed by atoms with E-state index < -0.39 is 0 Å². The van der Waals surface area contributed by atoms with Crippen LogP contribution >= 0.6 is 0 Å². The minimum Gasteiger partial charge on any atom is -0.329 e. The van der Waals surface area contributed by atoms with Crippen LogP contribution in [0.4, 0.5) is 0 Å². The number of rotatable bonds is 6. The second-order valence-electron chi connectivity index (χ2n) is 4.24. The summed E-state index contributed by atoms with van der Waals surface area (Å²) in [5, 5.41) is 0. The van der Waals surface area contributed by atoms with Crippen LogP contribution in [-0.4, -0.2) is 31.1 Å². The van der Waals surface area contributed by atoms with Gasteiger partial charge in [0.05, 0.1) is 0 Å². The van der Waals surface area contributed by atoms with E-state index in [1.807, 2.05) is 0 Å². The van der Waals surface area contributed by atoms with Gasteiger partial charge in [-0.1, -0.05) is 19.8 Å². The summed E-state index contributed by atoms with van der Waals surface area (Å²) in [7, 11) is 0. The van der Waals surface area contributed by atoms with Crippen molar-refractivity contribution >= 4 is 0 Å². The van der Waals surface area contributed by atoms with E-state index in [-0.39, 0.29) is 0 Å².